The van der Waals surface area contributed by atoms with Gasteiger partial charge in [0.1, 0.15) is 0 Å². The molecular weight excluding hydrogens is 232 g/mol. The summed E-state index contributed by atoms with van der Waals surface area (Å²) in [5, 5.41) is 15.1. The third-order valence-corrected chi connectivity index (χ3v) is 3.91. The molecule has 0 spiro atoms. The first-order valence-corrected chi connectivity index (χ1v) is 6.65. The second kappa shape index (κ2) is 6.73. The van der Waals surface area contributed by atoms with Gasteiger partial charge in [-0.3, -0.25) is 9.59 Å². The summed E-state index contributed by atoms with van der Waals surface area (Å²) in [6.07, 6.45) is 3.57. The zero-order valence-corrected chi connectivity index (χ0v) is 11.3. The summed E-state index contributed by atoms with van der Waals surface area (Å²) in [5.74, 6) is -0.260. The summed E-state index contributed by atoms with van der Waals surface area (Å²) in [7, 11) is 1.79. The van der Waals surface area contributed by atoms with Gasteiger partial charge in [0, 0.05) is 19.5 Å². The molecule has 1 rings (SSSR count). The first-order valence-electron chi connectivity index (χ1n) is 6.65. The highest BCUT2D eigenvalue weighted by molar-refractivity contribution is 5.79. The van der Waals surface area contributed by atoms with Gasteiger partial charge >= 0.3 is 5.97 Å². The Morgan fingerprint density at radius 1 is 1.33 bits per heavy atom. The number of carboxylic acids is 1. The summed E-state index contributed by atoms with van der Waals surface area (Å²) in [5.41, 5.74) is -0.748. The average molecular weight is 256 g/mol. The van der Waals surface area contributed by atoms with E-state index in [9.17, 15) is 14.7 Å². The lowest BCUT2D eigenvalue weighted by Gasteiger charge is -2.35. The minimum atomic E-state index is -0.775. The number of rotatable bonds is 6. The second-order valence-corrected chi connectivity index (χ2v) is 5.40. The Hall–Kier alpha value is -1.10. The van der Waals surface area contributed by atoms with Gasteiger partial charge in [0.2, 0.25) is 5.91 Å². The molecule has 0 heterocycles. The molecule has 0 aromatic rings. The lowest BCUT2D eigenvalue weighted by atomic mass is 9.71. The van der Waals surface area contributed by atoms with Crippen molar-refractivity contribution in [3.8, 4) is 0 Å². The molecule has 0 aromatic heterocycles. The Morgan fingerprint density at radius 2 is 1.94 bits per heavy atom. The number of carbonyl (C=O) groups is 2. The van der Waals surface area contributed by atoms with Gasteiger partial charge < -0.3 is 15.7 Å². The zero-order chi connectivity index (χ0) is 13.6. The molecule has 0 unspecified atom stereocenters. The van der Waals surface area contributed by atoms with Crippen LogP contribution in [0.3, 0.4) is 0 Å². The molecule has 0 atom stereocenters. The molecule has 1 aliphatic rings. The fraction of sp³-hybridized carbons (Fsp3) is 0.846. The molecule has 3 N–H and O–H groups in total. The number of carbonyl (C=O) groups excluding carboxylic acids is 1. The third kappa shape index (κ3) is 3.98. The third-order valence-electron chi connectivity index (χ3n) is 3.91. The molecule has 1 amide bonds. The van der Waals surface area contributed by atoms with Crippen LogP contribution in [0.25, 0.3) is 0 Å². The Kier molecular flexibility index (Phi) is 5.59. The summed E-state index contributed by atoms with van der Waals surface area (Å²) in [6.45, 7) is 3.03. The largest absolute Gasteiger partial charge is 0.481 e. The maximum absolute atomic E-state index is 11.5. The van der Waals surface area contributed by atoms with Gasteiger partial charge in [0.05, 0.1) is 5.41 Å². The van der Waals surface area contributed by atoms with Crippen molar-refractivity contribution in [2.75, 3.05) is 20.1 Å². The standard InChI is InChI=1S/C13H24N2O3/c1-10-3-6-13(7-4-10,12(17)18)9-15-11(16)5-8-14-2/h10,14H,3-9H2,1-2H3,(H,15,16)(H,17,18). The van der Waals surface area contributed by atoms with E-state index in [1.54, 1.807) is 7.05 Å². The lowest BCUT2D eigenvalue weighted by Crippen LogP contribution is -2.45. The summed E-state index contributed by atoms with van der Waals surface area (Å²) >= 11 is 0. The Morgan fingerprint density at radius 3 is 2.44 bits per heavy atom. The molecule has 0 aromatic carbocycles. The van der Waals surface area contributed by atoms with Crippen molar-refractivity contribution >= 4 is 11.9 Å². The zero-order valence-electron chi connectivity index (χ0n) is 11.3. The van der Waals surface area contributed by atoms with E-state index in [0.29, 0.717) is 31.7 Å². The van der Waals surface area contributed by atoms with Crippen LogP contribution in [0.4, 0.5) is 0 Å². The maximum atomic E-state index is 11.5. The van der Waals surface area contributed by atoms with Crippen LogP contribution in [0.2, 0.25) is 0 Å². The van der Waals surface area contributed by atoms with E-state index in [4.69, 9.17) is 0 Å². The topological polar surface area (TPSA) is 78.4 Å². The van der Waals surface area contributed by atoms with Crippen molar-refractivity contribution in [1.82, 2.24) is 10.6 Å². The van der Waals surface area contributed by atoms with Crippen molar-refractivity contribution in [3.63, 3.8) is 0 Å². The highest BCUT2D eigenvalue weighted by Crippen LogP contribution is 2.38. The molecule has 0 radical (unpaired) electrons. The van der Waals surface area contributed by atoms with Crippen molar-refractivity contribution < 1.29 is 14.7 Å². The van der Waals surface area contributed by atoms with E-state index >= 15 is 0 Å². The van der Waals surface area contributed by atoms with Gasteiger partial charge in [-0.2, -0.15) is 0 Å². The molecule has 18 heavy (non-hydrogen) atoms. The quantitative estimate of drug-likeness (QED) is 0.662. The Balaban J connectivity index is 2.48. The van der Waals surface area contributed by atoms with Crippen LogP contribution < -0.4 is 10.6 Å². The number of carboxylic acid groups (broad SMARTS) is 1. The first-order chi connectivity index (χ1) is 8.50. The van der Waals surface area contributed by atoms with E-state index in [1.807, 2.05) is 0 Å². The predicted molar refractivity (Wildman–Crippen MR) is 69.3 cm³/mol. The van der Waals surface area contributed by atoms with Crippen LogP contribution in [-0.4, -0.2) is 37.1 Å². The molecule has 1 aliphatic carbocycles. The van der Waals surface area contributed by atoms with Crippen molar-refractivity contribution in [2.45, 2.75) is 39.0 Å². The summed E-state index contributed by atoms with van der Waals surface area (Å²) in [6, 6.07) is 0. The Bertz CT molecular complexity index is 297. The van der Waals surface area contributed by atoms with Gasteiger partial charge in [0.25, 0.3) is 0 Å². The highest BCUT2D eigenvalue weighted by Gasteiger charge is 2.41. The van der Waals surface area contributed by atoms with Crippen LogP contribution in [0.15, 0.2) is 0 Å². The van der Waals surface area contributed by atoms with Crippen molar-refractivity contribution in [2.24, 2.45) is 11.3 Å². The van der Waals surface area contributed by atoms with E-state index in [0.717, 1.165) is 12.8 Å². The molecule has 0 aliphatic heterocycles. The van der Waals surface area contributed by atoms with Crippen molar-refractivity contribution in [3.05, 3.63) is 0 Å². The van der Waals surface area contributed by atoms with Crippen LogP contribution in [-0.2, 0) is 9.59 Å². The molecule has 5 nitrogen and oxygen atoms in total. The minimum Gasteiger partial charge on any atom is -0.481 e. The molecule has 5 heteroatoms. The molecule has 1 saturated carbocycles. The molecule has 0 saturated heterocycles. The number of aliphatic carboxylic acids is 1. The van der Waals surface area contributed by atoms with Crippen LogP contribution >= 0.6 is 0 Å². The maximum Gasteiger partial charge on any atom is 0.311 e. The van der Waals surface area contributed by atoms with E-state index in [-0.39, 0.29) is 12.5 Å². The SMILES string of the molecule is CNCCC(=O)NCC1(C(=O)O)CCC(C)CC1. The predicted octanol–water partition coefficient (Wildman–Crippen LogP) is 0.993. The van der Waals surface area contributed by atoms with Crippen LogP contribution in [0.1, 0.15) is 39.0 Å². The van der Waals surface area contributed by atoms with Crippen LogP contribution in [0, 0.1) is 11.3 Å². The molecule has 1 fully saturated rings. The van der Waals surface area contributed by atoms with Crippen LogP contribution in [0.5, 0.6) is 0 Å². The number of nitrogens with one attached hydrogen (secondary N) is 2. The fourth-order valence-corrected chi connectivity index (χ4v) is 2.38. The number of hydrogen-bond donors (Lipinski definition) is 3. The lowest BCUT2D eigenvalue weighted by molar-refractivity contribution is -0.151. The van der Waals surface area contributed by atoms with E-state index in [1.165, 1.54) is 0 Å². The van der Waals surface area contributed by atoms with Gasteiger partial charge in [0.15, 0.2) is 0 Å². The van der Waals surface area contributed by atoms with Gasteiger partial charge in [-0.1, -0.05) is 6.92 Å². The summed E-state index contributed by atoms with van der Waals surface area (Å²) < 4.78 is 0. The monoisotopic (exact) mass is 256 g/mol. The van der Waals surface area contributed by atoms with Crippen molar-refractivity contribution in [1.29, 1.82) is 0 Å². The Labute approximate surface area is 108 Å². The number of amides is 1. The fourth-order valence-electron chi connectivity index (χ4n) is 2.38. The smallest absolute Gasteiger partial charge is 0.311 e. The van der Waals surface area contributed by atoms with E-state index < -0.39 is 11.4 Å². The molecular formula is C13H24N2O3. The molecule has 0 bridgehead atoms. The first kappa shape index (κ1) is 15.0. The van der Waals surface area contributed by atoms with Gasteiger partial charge in [-0.15, -0.1) is 0 Å². The summed E-state index contributed by atoms with van der Waals surface area (Å²) in [4.78, 5) is 23.0. The molecule has 104 valence electrons. The minimum absolute atomic E-state index is 0.0800. The van der Waals surface area contributed by atoms with Gasteiger partial charge in [-0.05, 0) is 38.6 Å². The van der Waals surface area contributed by atoms with Gasteiger partial charge in [-0.25, -0.2) is 0 Å². The normalized spacial score (nSPS) is 27.8. The highest BCUT2D eigenvalue weighted by atomic mass is 16.4. The average Bonchev–Trinajstić information content (AvgIpc) is 2.35. The second-order valence-electron chi connectivity index (χ2n) is 5.40. The number of hydrogen-bond acceptors (Lipinski definition) is 3. The van der Waals surface area contributed by atoms with E-state index in [2.05, 4.69) is 17.6 Å².